The van der Waals surface area contributed by atoms with Gasteiger partial charge in [-0.25, -0.2) is 26.5 Å². The molecule has 107 heavy (non-hydrogen) atoms. The molecule has 5 amide bonds. The van der Waals surface area contributed by atoms with E-state index in [0.717, 1.165) is 83.3 Å². The van der Waals surface area contributed by atoms with E-state index in [4.69, 9.17) is 16.3 Å². The number of carbonyl (C=O) groups is 5. The number of hydrogen-bond donors (Lipinski definition) is 5. The van der Waals surface area contributed by atoms with Gasteiger partial charge in [-0.3, -0.25) is 33.8 Å². The summed E-state index contributed by atoms with van der Waals surface area (Å²) in [7, 11) is -11.2. The zero-order valence-corrected chi connectivity index (χ0v) is 65.4. The molecule has 0 bridgehead atoms. The Morgan fingerprint density at radius 1 is 0.832 bits per heavy atom. The van der Waals surface area contributed by atoms with Gasteiger partial charge in [-0.2, -0.15) is 13.2 Å². The van der Waals surface area contributed by atoms with Crippen LogP contribution in [-0.2, 0) is 39.0 Å². The molecule has 0 saturated carbocycles. The number of benzene rings is 5. The highest BCUT2D eigenvalue weighted by atomic mass is 35.5. The summed E-state index contributed by atoms with van der Waals surface area (Å²) in [5.41, 5.74) is 2.15. The van der Waals surface area contributed by atoms with Crippen LogP contribution >= 0.6 is 34.7 Å². The number of ether oxygens (including phenoxy) is 1. The van der Waals surface area contributed by atoms with E-state index in [1.807, 2.05) is 99.1 Å². The van der Waals surface area contributed by atoms with Crippen molar-refractivity contribution >= 4 is 101 Å². The van der Waals surface area contributed by atoms with Gasteiger partial charge in [0.05, 0.1) is 50.4 Å². The van der Waals surface area contributed by atoms with E-state index in [0.29, 0.717) is 88.4 Å². The fraction of sp³-hybridized carbons (Fsp3) is 0.487. The van der Waals surface area contributed by atoms with Gasteiger partial charge in [0, 0.05) is 112 Å². The van der Waals surface area contributed by atoms with E-state index in [9.17, 15) is 59.1 Å². The third kappa shape index (κ3) is 20.1. The number of fused-ring (bicyclic) bond motifs is 3. The smallest absolute Gasteiger partial charge is 0.489 e. The Labute approximate surface area is 638 Å². The lowest BCUT2D eigenvalue weighted by Crippen LogP contribution is -2.58. The number of amides is 5. The van der Waals surface area contributed by atoms with Crippen LogP contribution in [0.1, 0.15) is 139 Å². The minimum atomic E-state index is -6.20. The van der Waals surface area contributed by atoms with Gasteiger partial charge in [-0.15, -0.1) is 23.1 Å². The lowest BCUT2D eigenvalue weighted by atomic mass is 9.72. The Morgan fingerprint density at radius 2 is 1.53 bits per heavy atom. The summed E-state index contributed by atoms with van der Waals surface area (Å²) in [6, 6.07) is 30.1. The number of aliphatic hydroxyl groups is 1. The fourth-order valence-corrected chi connectivity index (χ4v) is 18.7. The number of rotatable bonds is 27. The molecule has 11 rings (SSSR count). The van der Waals surface area contributed by atoms with Crippen LogP contribution in [0.5, 0.6) is 5.75 Å². The second-order valence-electron chi connectivity index (χ2n) is 30.5. The molecule has 6 aromatic rings. The van der Waals surface area contributed by atoms with Gasteiger partial charge >= 0.3 is 5.51 Å². The molecule has 6 atom stereocenters. The second kappa shape index (κ2) is 34.1. The number of aliphatic hydroxyl groups excluding tert-OH is 1. The van der Waals surface area contributed by atoms with Gasteiger partial charge in [0.15, 0.2) is 0 Å². The molecular weight excluding hydrogens is 1470 g/mol. The van der Waals surface area contributed by atoms with Gasteiger partial charge in [0.25, 0.3) is 25.8 Å². The first-order valence-corrected chi connectivity index (χ1v) is 41.7. The Hall–Kier alpha value is -7.57. The van der Waals surface area contributed by atoms with Crippen molar-refractivity contribution < 1.29 is 63.8 Å². The van der Waals surface area contributed by atoms with E-state index in [1.165, 1.54) is 56.8 Å². The maximum atomic E-state index is 14.7. The highest BCUT2D eigenvalue weighted by molar-refractivity contribution is 7.99. The number of carbonyl (C=O) groups excluding carboxylic acids is 5. The van der Waals surface area contributed by atoms with E-state index < -0.39 is 88.3 Å². The van der Waals surface area contributed by atoms with Crippen LogP contribution in [0.3, 0.4) is 0 Å². The van der Waals surface area contributed by atoms with E-state index >= 15 is 0 Å². The third-order valence-electron chi connectivity index (χ3n) is 20.9. The van der Waals surface area contributed by atoms with Crippen molar-refractivity contribution in [1.82, 2.24) is 39.9 Å². The van der Waals surface area contributed by atoms with Crippen LogP contribution in [0.2, 0.25) is 5.02 Å². The molecule has 29 heteroatoms. The number of sulfonamides is 1. The molecule has 3 saturated heterocycles. The maximum Gasteiger partial charge on any atom is 0.501 e. The number of nitrogens with one attached hydrogen (secondary N) is 4. The van der Waals surface area contributed by atoms with Crippen molar-refractivity contribution in [2.45, 2.75) is 169 Å². The molecule has 0 unspecified atom stereocenters. The zero-order chi connectivity index (χ0) is 76.8. The number of unbranched alkanes of at least 4 members (excludes halogenated alkanes) is 2. The Morgan fingerprint density at radius 3 is 2.22 bits per heavy atom. The average Bonchev–Trinajstić information content (AvgIpc) is 1.39. The molecule has 1 aromatic heterocycles. The summed E-state index contributed by atoms with van der Waals surface area (Å²) >= 11 is 9.18. The quantitative estimate of drug-likeness (QED) is 0.0237. The van der Waals surface area contributed by atoms with Crippen molar-refractivity contribution in [3.05, 3.63) is 154 Å². The number of halogens is 4. The monoisotopic (exact) mass is 1570 g/mol. The van der Waals surface area contributed by atoms with Gasteiger partial charge in [0.1, 0.15) is 29.5 Å². The molecule has 5 aliphatic rings. The Balaban J connectivity index is 0.655. The summed E-state index contributed by atoms with van der Waals surface area (Å²) in [6.07, 6.45) is 3.62. The van der Waals surface area contributed by atoms with Crippen molar-refractivity contribution in [2.24, 2.45) is 10.8 Å². The van der Waals surface area contributed by atoms with E-state index in [2.05, 4.69) is 61.6 Å². The highest BCUT2D eigenvalue weighted by Gasteiger charge is 2.49. The van der Waals surface area contributed by atoms with E-state index in [-0.39, 0.29) is 66.3 Å². The molecule has 5 N–H and O–H groups in total. The van der Waals surface area contributed by atoms with Crippen LogP contribution in [-0.4, -0.2) is 190 Å². The van der Waals surface area contributed by atoms with Gasteiger partial charge in [-0.1, -0.05) is 113 Å². The number of aromatic nitrogens is 1. The molecule has 1 aliphatic carbocycles. The zero-order valence-electron chi connectivity index (χ0n) is 61.4. The minimum absolute atomic E-state index is 0.0135. The Bertz CT molecular complexity index is 4460. The maximum absolute atomic E-state index is 14.7. The number of thioether (sulfide) groups is 1. The van der Waals surface area contributed by atoms with Gasteiger partial charge in [-0.05, 0) is 146 Å². The first kappa shape index (κ1) is 80.4. The van der Waals surface area contributed by atoms with Crippen LogP contribution in [0.4, 0.5) is 24.5 Å². The number of alkyl halides is 3. The number of nitrogens with zero attached hydrogens (tertiary/aromatic N) is 6. The predicted octanol–water partition coefficient (Wildman–Crippen LogP) is 12.2. The number of anilines is 2. The standard InChI is InChI=1S/C78H96ClF3N10O11S4/c1-50(52-18-20-54(21-19-52)71-51(2)83-49-105-71)73(96)85-68-41-60(93)46-92(68)75(98)72(76(3,4)5)86-69(94)16-12-9-13-17-70(95)90-37-34-88(35-38-90)33-31-58(48-104-61-14-10-8-11-15-61)84-64-28-27-62(42-67(64)106(99,100)78(80,81)82)107(101,102)87-74(97)55-24-29-65-66(40-55)103-47-59-45-89(36-39-91(59)65)44-56-43-77(6,7)32-30-63(56)53-22-25-57(79)26-23-53/h8,10-11,14-15,18-29,40,42,49-50,58-60,68,72,84,93H,9,12-13,16-17,30-39,41,43-48H2,1-7H3,(H,85,96)(H,86,94)(H,87,97)/t50-,58+,59+,60+,68-,72+/m0/s1. The molecule has 3 fully saturated rings. The number of thiazole rings is 1. The number of hydrogen-bond acceptors (Lipinski definition) is 18. The minimum Gasteiger partial charge on any atom is -0.489 e. The lowest BCUT2D eigenvalue weighted by Gasteiger charge is -2.46. The van der Waals surface area contributed by atoms with Crippen LogP contribution < -0.4 is 30.3 Å². The summed E-state index contributed by atoms with van der Waals surface area (Å²) in [5.74, 6) is -2.21. The number of aryl methyl sites for hydroxylation is 1. The molecule has 5 aromatic carbocycles. The molecule has 4 aliphatic heterocycles. The van der Waals surface area contributed by atoms with Crippen molar-refractivity contribution in [3.8, 4) is 16.2 Å². The predicted molar refractivity (Wildman–Crippen MR) is 412 cm³/mol. The van der Waals surface area contributed by atoms with Gasteiger partial charge in [0.2, 0.25) is 23.6 Å². The number of β-amino-alcohol motifs (C(OH)–C–C–N with tert-alkyl or cyclic N) is 1. The lowest BCUT2D eigenvalue weighted by molar-refractivity contribution is -0.142. The number of sulfone groups is 1. The highest BCUT2D eigenvalue weighted by Crippen LogP contribution is 2.45. The molecule has 21 nitrogen and oxygen atoms in total. The summed E-state index contributed by atoms with van der Waals surface area (Å²) in [5, 5.41) is 20.4. The molecule has 0 radical (unpaired) electrons. The summed E-state index contributed by atoms with van der Waals surface area (Å²) in [6.45, 7) is 19.2. The molecule has 576 valence electrons. The molecule has 0 spiro atoms. The van der Waals surface area contributed by atoms with Gasteiger partial charge < -0.3 is 40.5 Å². The number of likely N-dealkylation sites (tertiary alicyclic amines) is 1. The largest absolute Gasteiger partial charge is 0.501 e. The van der Waals surface area contributed by atoms with Crippen molar-refractivity contribution in [2.75, 3.05) is 88.0 Å². The second-order valence-corrected chi connectivity index (χ2v) is 36.4. The molecule has 5 heterocycles. The Kier molecular flexibility index (Phi) is 25.7. The fourth-order valence-electron chi connectivity index (χ4n) is 14.7. The topological polar surface area (TPSA) is 260 Å². The number of allylic oxidation sites excluding steroid dienone is 1. The SMILES string of the molecule is Cc1ncsc1-c1ccc([C@H](C)C(=O)N[C@@H]2C[C@@H](O)CN2C(=O)[C@@H](NC(=O)CCCCCC(=O)N2CCN(CC[C@H](CSc3ccccc3)Nc3ccc(S(=O)(=O)NC(=O)c4ccc5c(c4)OC[C@H]4CN(CC6=C(c7ccc(Cl)cc7)CCC(C)(C)C6)CCN54)cc3S(=O)(=O)C(F)(F)F)CC2)C(C)(C)C)cc1. The van der Waals surface area contributed by atoms with Crippen LogP contribution in [0, 0.1) is 17.8 Å². The third-order valence-corrected chi connectivity index (χ3v) is 26.1. The number of piperazine rings is 2. The normalized spacial score (nSPS) is 19.6. The average molecular weight is 1570 g/mol. The summed E-state index contributed by atoms with van der Waals surface area (Å²) in [4.78, 5) is 82.8. The van der Waals surface area contributed by atoms with Crippen LogP contribution in [0.25, 0.3) is 16.0 Å². The summed E-state index contributed by atoms with van der Waals surface area (Å²) < 4.78 is 107. The van der Waals surface area contributed by atoms with Crippen molar-refractivity contribution in [1.29, 1.82) is 0 Å². The van der Waals surface area contributed by atoms with Crippen LogP contribution in [0.15, 0.2) is 141 Å². The first-order valence-electron chi connectivity index (χ1n) is 36.5. The van der Waals surface area contributed by atoms with E-state index in [1.54, 1.807) is 23.4 Å². The first-order chi connectivity index (χ1) is 50.7. The molecular formula is C78H96ClF3N10O11S4. The van der Waals surface area contributed by atoms with Crippen molar-refractivity contribution in [3.63, 3.8) is 0 Å².